The lowest BCUT2D eigenvalue weighted by Crippen LogP contribution is -2.19. The molecule has 0 bridgehead atoms. The average molecular weight is 501 g/mol. The molecular weight excluding hydrogens is 476 g/mol. The van der Waals surface area contributed by atoms with Crippen molar-refractivity contribution < 1.29 is 9.59 Å². The van der Waals surface area contributed by atoms with Gasteiger partial charge in [0, 0.05) is 26.9 Å². The van der Waals surface area contributed by atoms with E-state index in [0.29, 0.717) is 22.0 Å². The smallest absolute Gasteiger partial charge is 0.255 e. The van der Waals surface area contributed by atoms with Crippen LogP contribution in [0, 0.1) is 13.8 Å². The maximum absolute atomic E-state index is 13.3. The molecule has 4 nitrogen and oxygen atoms in total. The van der Waals surface area contributed by atoms with E-state index in [2.05, 4.69) is 10.6 Å². The number of rotatable bonds is 7. The van der Waals surface area contributed by atoms with E-state index in [9.17, 15) is 9.59 Å². The Labute approximate surface area is 214 Å². The number of benzene rings is 4. The Balaban J connectivity index is 1.54. The summed E-state index contributed by atoms with van der Waals surface area (Å²) in [4.78, 5) is 26.9. The summed E-state index contributed by atoms with van der Waals surface area (Å²) in [7, 11) is 0. The SMILES string of the molecule is Cc1cccc(C(=O)Nc2cccc(SC(C(=O)Nc3ccc(C)c(Cl)c3)c3ccccc3)c2)c1. The van der Waals surface area contributed by atoms with Gasteiger partial charge in [-0.15, -0.1) is 11.8 Å². The minimum Gasteiger partial charge on any atom is -0.325 e. The highest BCUT2D eigenvalue weighted by Gasteiger charge is 2.22. The van der Waals surface area contributed by atoms with Crippen LogP contribution in [0.1, 0.15) is 32.3 Å². The van der Waals surface area contributed by atoms with Crippen molar-refractivity contribution in [1.82, 2.24) is 0 Å². The lowest BCUT2D eigenvalue weighted by molar-refractivity contribution is -0.115. The molecule has 1 atom stereocenters. The zero-order valence-electron chi connectivity index (χ0n) is 19.4. The molecule has 176 valence electrons. The summed E-state index contributed by atoms with van der Waals surface area (Å²) >= 11 is 7.66. The Morgan fingerprint density at radius 1 is 0.771 bits per heavy atom. The Kier molecular flexibility index (Phi) is 7.91. The molecule has 0 heterocycles. The van der Waals surface area contributed by atoms with Crippen LogP contribution < -0.4 is 10.6 Å². The fraction of sp³-hybridized carbons (Fsp3) is 0.103. The van der Waals surface area contributed by atoms with Crippen LogP contribution in [0.4, 0.5) is 11.4 Å². The topological polar surface area (TPSA) is 58.2 Å². The number of aryl methyl sites for hydroxylation is 2. The second-order valence-corrected chi connectivity index (χ2v) is 9.80. The Morgan fingerprint density at radius 3 is 2.26 bits per heavy atom. The van der Waals surface area contributed by atoms with Crippen molar-refractivity contribution in [3.63, 3.8) is 0 Å². The summed E-state index contributed by atoms with van der Waals surface area (Å²) < 4.78 is 0. The molecule has 35 heavy (non-hydrogen) atoms. The fourth-order valence-electron chi connectivity index (χ4n) is 3.55. The minimum absolute atomic E-state index is 0.157. The molecule has 4 aromatic carbocycles. The monoisotopic (exact) mass is 500 g/mol. The number of nitrogens with one attached hydrogen (secondary N) is 2. The second kappa shape index (κ2) is 11.3. The zero-order chi connectivity index (χ0) is 24.8. The summed E-state index contributed by atoms with van der Waals surface area (Å²) in [5, 5.41) is 6.04. The first kappa shape index (κ1) is 24.6. The Hall–Kier alpha value is -3.54. The van der Waals surface area contributed by atoms with Gasteiger partial charge in [0.05, 0.1) is 0 Å². The molecule has 4 rings (SSSR count). The molecule has 1 unspecified atom stereocenters. The van der Waals surface area contributed by atoms with Gasteiger partial charge in [0.15, 0.2) is 0 Å². The number of halogens is 1. The van der Waals surface area contributed by atoms with Gasteiger partial charge in [-0.1, -0.05) is 71.8 Å². The van der Waals surface area contributed by atoms with Crippen molar-refractivity contribution in [3.05, 3.63) is 124 Å². The molecule has 6 heteroatoms. The minimum atomic E-state index is -0.501. The Morgan fingerprint density at radius 2 is 1.51 bits per heavy atom. The summed E-state index contributed by atoms with van der Waals surface area (Å²) in [6.45, 7) is 3.87. The molecule has 0 saturated carbocycles. The molecular formula is C29H25ClN2O2S. The zero-order valence-corrected chi connectivity index (χ0v) is 21.0. The summed E-state index contributed by atoms with van der Waals surface area (Å²) in [5.41, 5.74) is 4.76. The first-order valence-electron chi connectivity index (χ1n) is 11.2. The molecule has 0 saturated heterocycles. The maximum Gasteiger partial charge on any atom is 0.255 e. The van der Waals surface area contributed by atoms with Crippen LogP contribution in [-0.4, -0.2) is 11.8 Å². The van der Waals surface area contributed by atoms with Crippen LogP contribution in [-0.2, 0) is 4.79 Å². The number of carbonyl (C=O) groups is 2. The quantitative estimate of drug-likeness (QED) is 0.256. The highest BCUT2D eigenvalue weighted by Crippen LogP contribution is 2.37. The lowest BCUT2D eigenvalue weighted by atomic mass is 10.1. The van der Waals surface area contributed by atoms with Gasteiger partial charge >= 0.3 is 0 Å². The molecule has 0 aliphatic heterocycles. The van der Waals surface area contributed by atoms with Gasteiger partial charge < -0.3 is 10.6 Å². The highest BCUT2D eigenvalue weighted by atomic mass is 35.5. The van der Waals surface area contributed by atoms with Crippen molar-refractivity contribution >= 4 is 46.6 Å². The van der Waals surface area contributed by atoms with Gasteiger partial charge in [-0.05, 0) is 67.4 Å². The van der Waals surface area contributed by atoms with Crippen LogP contribution in [0.25, 0.3) is 0 Å². The number of thioether (sulfide) groups is 1. The van der Waals surface area contributed by atoms with Crippen LogP contribution in [0.15, 0.2) is 102 Å². The van der Waals surface area contributed by atoms with Crippen LogP contribution in [0.2, 0.25) is 5.02 Å². The van der Waals surface area contributed by atoms with E-state index in [-0.39, 0.29) is 11.8 Å². The van der Waals surface area contributed by atoms with Crippen molar-refractivity contribution in [2.75, 3.05) is 10.6 Å². The molecule has 2 N–H and O–H groups in total. The normalized spacial score (nSPS) is 11.5. The third kappa shape index (κ3) is 6.53. The Bertz CT molecular complexity index is 1360. The molecule has 4 aromatic rings. The van der Waals surface area contributed by atoms with E-state index in [0.717, 1.165) is 21.6 Å². The molecule has 0 aliphatic rings. The van der Waals surface area contributed by atoms with E-state index in [4.69, 9.17) is 11.6 Å². The van der Waals surface area contributed by atoms with Crippen molar-refractivity contribution in [3.8, 4) is 0 Å². The van der Waals surface area contributed by atoms with E-state index >= 15 is 0 Å². The number of hydrogen-bond donors (Lipinski definition) is 2. The van der Waals surface area contributed by atoms with Crippen molar-refractivity contribution in [1.29, 1.82) is 0 Å². The molecule has 0 fully saturated rings. The van der Waals surface area contributed by atoms with E-state index < -0.39 is 5.25 Å². The number of amides is 2. The number of hydrogen-bond acceptors (Lipinski definition) is 3. The van der Waals surface area contributed by atoms with Gasteiger partial charge in [0.25, 0.3) is 5.91 Å². The fourth-order valence-corrected chi connectivity index (χ4v) is 4.82. The van der Waals surface area contributed by atoms with Crippen molar-refractivity contribution in [2.24, 2.45) is 0 Å². The molecule has 0 aromatic heterocycles. The lowest BCUT2D eigenvalue weighted by Gasteiger charge is -2.18. The predicted molar refractivity (Wildman–Crippen MR) is 145 cm³/mol. The van der Waals surface area contributed by atoms with E-state index in [1.165, 1.54) is 11.8 Å². The summed E-state index contributed by atoms with van der Waals surface area (Å²) in [6, 6.07) is 30.0. The van der Waals surface area contributed by atoms with Crippen LogP contribution >= 0.6 is 23.4 Å². The molecule has 0 radical (unpaired) electrons. The second-order valence-electron chi connectivity index (χ2n) is 8.21. The van der Waals surface area contributed by atoms with Gasteiger partial charge in [-0.2, -0.15) is 0 Å². The third-order valence-electron chi connectivity index (χ3n) is 5.41. The largest absolute Gasteiger partial charge is 0.325 e. The average Bonchev–Trinajstić information content (AvgIpc) is 2.85. The molecule has 0 spiro atoms. The number of carbonyl (C=O) groups excluding carboxylic acids is 2. The van der Waals surface area contributed by atoms with E-state index in [1.54, 1.807) is 12.1 Å². The summed E-state index contributed by atoms with van der Waals surface area (Å²) in [6.07, 6.45) is 0. The van der Waals surface area contributed by atoms with Crippen LogP contribution in [0.3, 0.4) is 0 Å². The van der Waals surface area contributed by atoms with Gasteiger partial charge in [-0.25, -0.2) is 0 Å². The van der Waals surface area contributed by atoms with Gasteiger partial charge in [0.2, 0.25) is 5.91 Å². The van der Waals surface area contributed by atoms with Gasteiger partial charge in [-0.3, -0.25) is 9.59 Å². The standard InChI is InChI=1S/C29H25ClN2O2S/c1-19-8-6-11-22(16-19)28(33)31-23-12-7-13-25(17-23)35-27(21-9-4-3-5-10-21)29(34)32-24-15-14-20(2)26(30)18-24/h3-18,27H,1-2H3,(H,31,33)(H,32,34). The van der Waals surface area contributed by atoms with Crippen molar-refractivity contribution in [2.45, 2.75) is 24.0 Å². The maximum atomic E-state index is 13.3. The first-order valence-corrected chi connectivity index (χ1v) is 12.4. The van der Waals surface area contributed by atoms with Gasteiger partial charge in [0.1, 0.15) is 5.25 Å². The summed E-state index contributed by atoms with van der Waals surface area (Å²) in [5.74, 6) is -0.334. The van der Waals surface area contributed by atoms with E-state index in [1.807, 2.05) is 98.8 Å². The third-order valence-corrected chi connectivity index (χ3v) is 7.06. The molecule has 2 amide bonds. The number of anilines is 2. The first-order chi connectivity index (χ1) is 16.9. The molecule has 0 aliphatic carbocycles. The van der Waals surface area contributed by atoms with Crippen LogP contribution in [0.5, 0.6) is 0 Å². The predicted octanol–water partition coefficient (Wildman–Crippen LogP) is 7.68. The highest BCUT2D eigenvalue weighted by molar-refractivity contribution is 8.00.